The van der Waals surface area contributed by atoms with Gasteiger partial charge in [-0.3, -0.25) is 9.59 Å². The molecule has 2 N–H and O–H groups in total. The highest BCUT2D eigenvalue weighted by Crippen LogP contribution is 2.47. The zero-order valence-electron chi connectivity index (χ0n) is 5.44. The Balaban J connectivity index is 2.87. The third-order valence-corrected chi connectivity index (χ3v) is 4.46. The number of rotatable bonds is 2. The molecule has 0 aromatic rings. The molecule has 1 rings (SSSR count). The number of hydrogen-bond acceptors (Lipinski definition) is 4. The topological polar surface area (TPSA) is 74.6 Å². The summed E-state index contributed by atoms with van der Waals surface area (Å²) in [4.78, 5) is 21.1. The standard InChI is InChI=1S/C5H6O4S2/c6-3(7)5(4(8)9)1-2-10-11-5/h1-2H2,(H,6,7)(H,8,9). The van der Waals surface area contributed by atoms with E-state index in [-0.39, 0.29) is 6.42 Å². The molecule has 62 valence electrons. The molecule has 0 atom stereocenters. The van der Waals surface area contributed by atoms with Gasteiger partial charge >= 0.3 is 11.9 Å². The monoisotopic (exact) mass is 194 g/mol. The van der Waals surface area contributed by atoms with Crippen molar-refractivity contribution in [1.29, 1.82) is 0 Å². The van der Waals surface area contributed by atoms with Crippen molar-refractivity contribution in [2.24, 2.45) is 0 Å². The van der Waals surface area contributed by atoms with Gasteiger partial charge in [0.05, 0.1) is 0 Å². The fourth-order valence-corrected chi connectivity index (χ4v) is 3.66. The zero-order valence-corrected chi connectivity index (χ0v) is 7.07. The summed E-state index contributed by atoms with van der Waals surface area (Å²) in [6.45, 7) is 0. The lowest BCUT2D eigenvalue weighted by atomic mass is 10.1. The van der Waals surface area contributed by atoms with Crippen LogP contribution in [0.1, 0.15) is 6.42 Å². The summed E-state index contributed by atoms with van der Waals surface area (Å²) >= 11 is 0. The van der Waals surface area contributed by atoms with Crippen molar-refractivity contribution in [1.82, 2.24) is 0 Å². The Kier molecular flexibility index (Phi) is 2.34. The van der Waals surface area contributed by atoms with Gasteiger partial charge in [-0.25, -0.2) is 0 Å². The third-order valence-electron chi connectivity index (χ3n) is 1.43. The molecule has 0 spiro atoms. The van der Waals surface area contributed by atoms with Crippen molar-refractivity contribution in [3.8, 4) is 0 Å². The first-order valence-corrected chi connectivity index (χ1v) is 5.19. The maximum Gasteiger partial charge on any atom is 0.332 e. The highest BCUT2D eigenvalue weighted by molar-refractivity contribution is 8.78. The Bertz CT molecular complexity index is 181. The molecule has 1 fully saturated rings. The molecule has 6 heteroatoms. The van der Waals surface area contributed by atoms with Crippen LogP contribution < -0.4 is 0 Å². The second-order valence-electron chi connectivity index (χ2n) is 2.09. The summed E-state index contributed by atoms with van der Waals surface area (Å²) in [6, 6.07) is 0. The van der Waals surface area contributed by atoms with Crippen molar-refractivity contribution in [3.63, 3.8) is 0 Å². The number of carboxylic acids is 2. The van der Waals surface area contributed by atoms with E-state index < -0.39 is 16.7 Å². The fraction of sp³-hybridized carbons (Fsp3) is 0.600. The molecule has 0 radical (unpaired) electrons. The minimum Gasteiger partial charge on any atom is -0.480 e. The molecule has 0 unspecified atom stereocenters. The van der Waals surface area contributed by atoms with Gasteiger partial charge in [-0.15, -0.1) is 0 Å². The van der Waals surface area contributed by atoms with Crippen LogP contribution in [-0.2, 0) is 9.59 Å². The Labute approximate surface area is 70.8 Å². The predicted octanol–water partition coefficient (Wildman–Crippen LogP) is 0.679. The smallest absolute Gasteiger partial charge is 0.332 e. The van der Waals surface area contributed by atoms with Crippen molar-refractivity contribution < 1.29 is 19.8 Å². The maximum atomic E-state index is 10.6. The molecule has 0 bridgehead atoms. The first-order chi connectivity index (χ1) is 5.09. The zero-order chi connectivity index (χ0) is 8.48. The maximum absolute atomic E-state index is 10.6. The molecule has 11 heavy (non-hydrogen) atoms. The van der Waals surface area contributed by atoms with E-state index in [1.165, 1.54) is 10.8 Å². The van der Waals surface area contributed by atoms with Gasteiger partial charge in [0.15, 0.2) is 0 Å². The number of carbonyl (C=O) groups is 2. The summed E-state index contributed by atoms with van der Waals surface area (Å²) in [6.07, 6.45) is 0.201. The van der Waals surface area contributed by atoms with Gasteiger partial charge in [0.1, 0.15) is 0 Å². The molecule has 0 aromatic heterocycles. The van der Waals surface area contributed by atoms with Gasteiger partial charge in [-0.05, 0) is 6.42 Å². The van der Waals surface area contributed by atoms with Crippen molar-refractivity contribution in [3.05, 3.63) is 0 Å². The summed E-state index contributed by atoms with van der Waals surface area (Å²) in [5.74, 6) is -1.91. The normalized spacial score (nSPS) is 21.5. The lowest BCUT2D eigenvalue weighted by molar-refractivity contribution is -0.151. The molecule has 1 aliphatic rings. The Morgan fingerprint density at radius 1 is 1.27 bits per heavy atom. The molecule has 0 aromatic carbocycles. The van der Waals surface area contributed by atoms with Crippen LogP contribution in [0, 0.1) is 0 Å². The minimum atomic E-state index is -1.59. The van der Waals surface area contributed by atoms with Crippen LogP contribution in [0.25, 0.3) is 0 Å². The van der Waals surface area contributed by atoms with E-state index in [9.17, 15) is 9.59 Å². The van der Waals surface area contributed by atoms with Gasteiger partial charge < -0.3 is 10.2 Å². The number of carboxylic acid groups (broad SMARTS) is 2. The highest BCUT2D eigenvalue weighted by atomic mass is 33.1. The Hall–Kier alpha value is -0.360. The SMILES string of the molecule is O=C(O)C1(C(=O)O)CCSS1. The second-order valence-corrected chi connectivity index (χ2v) is 4.81. The average Bonchev–Trinajstić information content (AvgIpc) is 2.34. The quantitative estimate of drug-likeness (QED) is 0.497. The summed E-state index contributed by atoms with van der Waals surface area (Å²) in [7, 11) is 2.22. The summed E-state index contributed by atoms with van der Waals surface area (Å²) in [5.41, 5.74) is 0. The van der Waals surface area contributed by atoms with E-state index in [0.29, 0.717) is 5.75 Å². The van der Waals surface area contributed by atoms with Gasteiger partial charge in [0.2, 0.25) is 4.75 Å². The molecular formula is C5H6O4S2. The van der Waals surface area contributed by atoms with Gasteiger partial charge in [-0.1, -0.05) is 21.6 Å². The third kappa shape index (κ3) is 1.32. The van der Waals surface area contributed by atoms with Crippen LogP contribution in [0.5, 0.6) is 0 Å². The number of aliphatic carboxylic acids is 2. The van der Waals surface area contributed by atoms with E-state index >= 15 is 0 Å². The van der Waals surface area contributed by atoms with E-state index in [4.69, 9.17) is 10.2 Å². The second kappa shape index (κ2) is 2.94. The van der Waals surface area contributed by atoms with Crippen molar-refractivity contribution >= 4 is 33.5 Å². The first-order valence-electron chi connectivity index (χ1n) is 2.87. The van der Waals surface area contributed by atoms with E-state index in [0.717, 1.165) is 10.8 Å². The molecule has 1 heterocycles. The molecule has 0 saturated carbocycles. The van der Waals surface area contributed by atoms with Crippen LogP contribution in [0.2, 0.25) is 0 Å². The van der Waals surface area contributed by atoms with Gasteiger partial charge in [0.25, 0.3) is 0 Å². The number of hydrogen-bond donors (Lipinski definition) is 2. The average molecular weight is 194 g/mol. The summed E-state index contributed by atoms with van der Waals surface area (Å²) in [5, 5.41) is 17.2. The van der Waals surface area contributed by atoms with E-state index in [1.807, 2.05) is 0 Å². The molecular weight excluding hydrogens is 188 g/mol. The molecule has 1 aliphatic heterocycles. The van der Waals surface area contributed by atoms with Crippen LogP contribution >= 0.6 is 21.6 Å². The van der Waals surface area contributed by atoms with Crippen molar-refractivity contribution in [2.45, 2.75) is 11.2 Å². The van der Waals surface area contributed by atoms with Gasteiger partial charge in [-0.2, -0.15) is 0 Å². The summed E-state index contributed by atoms with van der Waals surface area (Å²) < 4.78 is -1.59. The van der Waals surface area contributed by atoms with Crippen LogP contribution in [0.3, 0.4) is 0 Å². The molecule has 0 amide bonds. The molecule has 0 aliphatic carbocycles. The molecule has 4 nitrogen and oxygen atoms in total. The van der Waals surface area contributed by atoms with Crippen LogP contribution in [-0.4, -0.2) is 32.7 Å². The van der Waals surface area contributed by atoms with Gasteiger partial charge in [0, 0.05) is 5.75 Å². The van der Waals surface area contributed by atoms with Crippen LogP contribution in [0.15, 0.2) is 0 Å². The Morgan fingerprint density at radius 3 is 2.00 bits per heavy atom. The lowest BCUT2D eigenvalue weighted by Crippen LogP contribution is -2.41. The largest absolute Gasteiger partial charge is 0.480 e. The van der Waals surface area contributed by atoms with E-state index in [2.05, 4.69) is 0 Å². The Morgan fingerprint density at radius 2 is 1.82 bits per heavy atom. The van der Waals surface area contributed by atoms with E-state index in [1.54, 1.807) is 0 Å². The first kappa shape index (κ1) is 8.73. The fourth-order valence-electron chi connectivity index (χ4n) is 0.746. The molecule has 1 saturated heterocycles. The van der Waals surface area contributed by atoms with Crippen molar-refractivity contribution in [2.75, 3.05) is 5.75 Å². The van der Waals surface area contributed by atoms with Crippen LogP contribution in [0.4, 0.5) is 0 Å². The lowest BCUT2D eigenvalue weighted by Gasteiger charge is -2.14. The predicted molar refractivity (Wildman–Crippen MR) is 42.7 cm³/mol. The minimum absolute atomic E-state index is 0.201. The highest BCUT2D eigenvalue weighted by Gasteiger charge is 2.50.